The van der Waals surface area contributed by atoms with Crippen molar-refractivity contribution in [2.75, 3.05) is 5.32 Å². The summed E-state index contributed by atoms with van der Waals surface area (Å²) in [5.74, 6) is -1.70. The Balaban J connectivity index is 1.98. The van der Waals surface area contributed by atoms with Gasteiger partial charge in [-0.1, -0.05) is 0 Å². The van der Waals surface area contributed by atoms with Gasteiger partial charge in [-0.3, -0.25) is 19.9 Å². The molecule has 2 aromatic heterocycles. The van der Waals surface area contributed by atoms with Crippen molar-refractivity contribution in [2.45, 2.75) is 13.3 Å². The number of nitrogens with zero attached hydrogens (tertiary/aromatic N) is 3. The lowest BCUT2D eigenvalue weighted by Gasteiger charge is -2.08. The van der Waals surface area contributed by atoms with Gasteiger partial charge in [-0.25, -0.2) is 13.2 Å². The molecular weight excluding hydrogens is 311 g/mol. The quantitative estimate of drug-likeness (QED) is 0.777. The Labute approximate surface area is 127 Å². The average molecular weight is 321 g/mol. The first-order valence-corrected chi connectivity index (χ1v) is 6.52. The first-order chi connectivity index (χ1) is 11.0. The van der Waals surface area contributed by atoms with Crippen LogP contribution in [0.1, 0.15) is 28.2 Å². The number of H-pyrrole nitrogens is 1. The number of aromatic amines is 1. The van der Waals surface area contributed by atoms with E-state index in [2.05, 4.69) is 25.5 Å². The SMILES string of the molecule is Cc1[nH]nc(C(F)F)c1NC(=O)c1cc2nccnc2cc1F. The Morgan fingerprint density at radius 1 is 1.22 bits per heavy atom. The van der Waals surface area contributed by atoms with Crippen molar-refractivity contribution in [2.24, 2.45) is 0 Å². The van der Waals surface area contributed by atoms with Crippen molar-refractivity contribution in [3.05, 3.63) is 47.3 Å². The number of carbonyl (C=O) groups excluding carboxylic acids is 1. The summed E-state index contributed by atoms with van der Waals surface area (Å²) in [6.07, 6.45) is -0.0787. The van der Waals surface area contributed by atoms with Crippen molar-refractivity contribution >= 4 is 22.6 Å². The third-order valence-corrected chi connectivity index (χ3v) is 3.22. The summed E-state index contributed by atoms with van der Waals surface area (Å²) in [5.41, 5.74) is -0.236. The molecule has 0 spiro atoms. The smallest absolute Gasteiger partial charge is 0.284 e. The molecule has 0 atom stereocenters. The molecule has 1 aromatic carbocycles. The van der Waals surface area contributed by atoms with Crippen LogP contribution < -0.4 is 5.32 Å². The fourth-order valence-corrected chi connectivity index (χ4v) is 2.10. The molecule has 23 heavy (non-hydrogen) atoms. The summed E-state index contributed by atoms with van der Waals surface area (Å²) in [6.45, 7) is 1.47. The third-order valence-electron chi connectivity index (χ3n) is 3.22. The summed E-state index contributed by atoms with van der Waals surface area (Å²) in [7, 11) is 0. The molecule has 1 amide bonds. The zero-order valence-electron chi connectivity index (χ0n) is 11.8. The number of rotatable bonds is 3. The Hall–Kier alpha value is -2.97. The second kappa shape index (κ2) is 5.67. The molecule has 0 fully saturated rings. The maximum atomic E-state index is 14.1. The van der Waals surface area contributed by atoms with E-state index in [0.29, 0.717) is 5.52 Å². The number of anilines is 1. The van der Waals surface area contributed by atoms with Gasteiger partial charge in [0.05, 0.1) is 28.0 Å². The number of aryl methyl sites for hydroxylation is 1. The van der Waals surface area contributed by atoms with Gasteiger partial charge in [0, 0.05) is 18.5 Å². The van der Waals surface area contributed by atoms with Crippen molar-refractivity contribution in [1.82, 2.24) is 20.2 Å². The van der Waals surface area contributed by atoms with Crippen molar-refractivity contribution in [3.63, 3.8) is 0 Å². The molecule has 0 saturated carbocycles. The van der Waals surface area contributed by atoms with E-state index in [4.69, 9.17) is 0 Å². The van der Waals surface area contributed by atoms with Crippen LogP contribution in [0.2, 0.25) is 0 Å². The predicted octanol–water partition coefficient (Wildman–Crippen LogP) is 2.99. The predicted molar refractivity (Wildman–Crippen MR) is 75.7 cm³/mol. The maximum Gasteiger partial charge on any atom is 0.284 e. The zero-order valence-corrected chi connectivity index (χ0v) is 11.8. The van der Waals surface area contributed by atoms with Crippen LogP contribution in [0.4, 0.5) is 18.9 Å². The lowest BCUT2D eigenvalue weighted by atomic mass is 10.1. The van der Waals surface area contributed by atoms with Gasteiger partial charge in [-0.15, -0.1) is 0 Å². The summed E-state index contributed by atoms with van der Waals surface area (Å²) in [6, 6.07) is 2.28. The van der Waals surface area contributed by atoms with E-state index in [1.165, 1.54) is 25.4 Å². The Kier molecular flexibility index (Phi) is 3.68. The van der Waals surface area contributed by atoms with Crippen molar-refractivity contribution in [3.8, 4) is 0 Å². The van der Waals surface area contributed by atoms with Gasteiger partial charge in [0.2, 0.25) is 0 Å². The number of hydrogen-bond acceptors (Lipinski definition) is 4. The first-order valence-electron chi connectivity index (χ1n) is 6.52. The van der Waals surface area contributed by atoms with Crippen LogP contribution >= 0.6 is 0 Å². The lowest BCUT2D eigenvalue weighted by Crippen LogP contribution is -2.15. The van der Waals surface area contributed by atoms with Crippen LogP contribution in [-0.2, 0) is 0 Å². The van der Waals surface area contributed by atoms with Crippen LogP contribution in [0.5, 0.6) is 0 Å². The molecule has 6 nitrogen and oxygen atoms in total. The average Bonchev–Trinajstić information content (AvgIpc) is 2.87. The summed E-state index contributed by atoms with van der Waals surface area (Å²) in [4.78, 5) is 20.1. The van der Waals surface area contributed by atoms with Crippen LogP contribution in [0.3, 0.4) is 0 Å². The molecule has 0 aliphatic heterocycles. The van der Waals surface area contributed by atoms with E-state index >= 15 is 0 Å². The minimum Gasteiger partial charge on any atom is -0.319 e. The molecule has 0 aliphatic rings. The number of benzene rings is 1. The summed E-state index contributed by atoms with van der Waals surface area (Å²) >= 11 is 0. The summed E-state index contributed by atoms with van der Waals surface area (Å²) in [5, 5.41) is 8.05. The summed E-state index contributed by atoms with van der Waals surface area (Å²) < 4.78 is 39.8. The number of nitrogens with one attached hydrogen (secondary N) is 2. The van der Waals surface area contributed by atoms with E-state index < -0.39 is 23.8 Å². The number of halogens is 3. The Morgan fingerprint density at radius 3 is 2.52 bits per heavy atom. The van der Waals surface area contributed by atoms with Gasteiger partial charge in [0.25, 0.3) is 12.3 Å². The van der Waals surface area contributed by atoms with E-state index in [1.807, 2.05) is 0 Å². The normalized spacial score (nSPS) is 11.2. The highest BCUT2D eigenvalue weighted by molar-refractivity contribution is 6.06. The van der Waals surface area contributed by atoms with Crippen LogP contribution in [0.15, 0.2) is 24.5 Å². The molecule has 3 aromatic rings. The molecule has 118 valence electrons. The monoisotopic (exact) mass is 321 g/mol. The highest BCUT2D eigenvalue weighted by atomic mass is 19.3. The lowest BCUT2D eigenvalue weighted by molar-refractivity contribution is 0.102. The van der Waals surface area contributed by atoms with Crippen molar-refractivity contribution in [1.29, 1.82) is 0 Å². The van der Waals surface area contributed by atoms with Crippen molar-refractivity contribution < 1.29 is 18.0 Å². The largest absolute Gasteiger partial charge is 0.319 e. The van der Waals surface area contributed by atoms with Gasteiger partial charge < -0.3 is 5.32 Å². The highest BCUT2D eigenvalue weighted by Crippen LogP contribution is 2.28. The Bertz CT molecular complexity index is 893. The van der Waals surface area contributed by atoms with Gasteiger partial charge in [-0.2, -0.15) is 5.10 Å². The molecule has 3 rings (SSSR count). The molecule has 0 bridgehead atoms. The van der Waals surface area contributed by atoms with Crippen LogP contribution in [0.25, 0.3) is 11.0 Å². The van der Waals surface area contributed by atoms with Gasteiger partial charge in [0.15, 0.2) is 5.69 Å². The van der Waals surface area contributed by atoms with Crippen LogP contribution in [0, 0.1) is 12.7 Å². The molecule has 0 aliphatic carbocycles. The molecule has 9 heteroatoms. The molecule has 0 saturated heterocycles. The maximum absolute atomic E-state index is 14.1. The number of alkyl halides is 2. The Morgan fingerprint density at radius 2 is 1.87 bits per heavy atom. The number of aromatic nitrogens is 4. The van der Waals surface area contributed by atoms with E-state index in [0.717, 1.165) is 6.07 Å². The van der Waals surface area contributed by atoms with E-state index in [1.54, 1.807) is 0 Å². The standard InChI is InChI=1S/C14H10F3N5O/c1-6-11(12(13(16)17)22-21-6)20-14(23)7-4-9-10(5-8(7)15)19-3-2-18-9/h2-5,13H,1H3,(H,20,23)(H,21,22). The fraction of sp³-hybridized carbons (Fsp3) is 0.143. The minimum atomic E-state index is -2.87. The fourth-order valence-electron chi connectivity index (χ4n) is 2.10. The van der Waals surface area contributed by atoms with E-state index in [9.17, 15) is 18.0 Å². The number of carbonyl (C=O) groups is 1. The first kappa shape index (κ1) is 14.9. The van der Waals surface area contributed by atoms with E-state index in [-0.39, 0.29) is 22.5 Å². The molecular formula is C14H10F3N5O. The van der Waals surface area contributed by atoms with Crippen LogP contribution in [-0.4, -0.2) is 26.1 Å². The number of fused-ring (bicyclic) bond motifs is 1. The second-order valence-corrected chi connectivity index (χ2v) is 4.74. The minimum absolute atomic E-state index is 0.163. The molecule has 0 unspecified atom stereocenters. The van der Waals surface area contributed by atoms with Gasteiger partial charge in [0.1, 0.15) is 5.82 Å². The highest BCUT2D eigenvalue weighted by Gasteiger charge is 2.22. The molecule has 2 heterocycles. The van der Waals surface area contributed by atoms with Gasteiger partial charge in [-0.05, 0) is 13.0 Å². The second-order valence-electron chi connectivity index (χ2n) is 4.74. The van der Waals surface area contributed by atoms with Gasteiger partial charge >= 0.3 is 0 Å². The topological polar surface area (TPSA) is 83.6 Å². The number of amides is 1. The molecule has 0 radical (unpaired) electrons. The third kappa shape index (κ3) is 2.72. The number of hydrogen-bond donors (Lipinski definition) is 2. The zero-order chi connectivity index (χ0) is 16.6. The molecule has 2 N–H and O–H groups in total.